The first-order valence-corrected chi connectivity index (χ1v) is 5.43. The Hall–Kier alpha value is -2.02. The molecule has 0 fully saturated rings. The predicted molar refractivity (Wildman–Crippen MR) is 64.6 cm³/mol. The molecule has 19 heavy (non-hydrogen) atoms. The number of halogens is 4. The summed E-state index contributed by atoms with van der Waals surface area (Å²) in [5.74, 6) is -0.00950. The molecule has 0 spiro atoms. The molecule has 1 aromatic carbocycles. The number of hydrogen-bond donors (Lipinski definition) is 2. The van der Waals surface area contributed by atoms with Gasteiger partial charge in [-0.05, 0) is 18.2 Å². The van der Waals surface area contributed by atoms with Crippen molar-refractivity contribution in [3.05, 3.63) is 51.5 Å². The van der Waals surface area contributed by atoms with Crippen LogP contribution in [0.2, 0.25) is 5.02 Å². The first-order chi connectivity index (χ1) is 8.88. The second-order valence-corrected chi connectivity index (χ2v) is 3.98. The van der Waals surface area contributed by atoms with Crippen molar-refractivity contribution in [1.29, 1.82) is 0 Å². The van der Waals surface area contributed by atoms with Crippen molar-refractivity contribution in [1.82, 2.24) is 9.97 Å². The quantitative estimate of drug-likeness (QED) is 0.892. The third kappa shape index (κ3) is 3.05. The van der Waals surface area contributed by atoms with Gasteiger partial charge in [-0.25, -0.2) is 4.98 Å². The Bertz CT molecular complexity index is 654. The molecule has 0 bridgehead atoms. The Morgan fingerprint density at radius 2 is 2.05 bits per heavy atom. The van der Waals surface area contributed by atoms with Gasteiger partial charge in [-0.15, -0.1) is 0 Å². The molecule has 100 valence electrons. The molecular weight excluding hydrogens is 283 g/mol. The lowest BCUT2D eigenvalue weighted by molar-refractivity contribution is -0.137. The summed E-state index contributed by atoms with van der Waals surface area (Å²) in [5, 5.41) is 2.34. The minimum atomic E-state index is -4.44. The second kappa shape index (κ2) is 4.93. The summed E-state index contributed by atoms with van der Waals surface area (Å²) >= 11 is 5.68. The molecule has 0 unspecified atom stereocenters. The number of hydrogen-bond acceptors (Lipinski definition) is 3. The highest BCUT2D eigenvalue weighted by atomic mass is 35.5. The number of aromatic amines is 1. The van der Waals surface area contributed by atoms with Crippen molar-refractivity contribution in [2.24, 2.45) is 0 Å². The van der Waals surface area contributed by atoms with Crippen LogP contribution < -0.4 is 10.9 Å². The number of aromatic nitrogens is 2. The van der Waals surface area contributed by atoms with Gasteiger partial charge in [0.1, 0.15) is 5.02 Å². The largest absolute Gasteiger partial charge is 0.416 e. The second-order valence-electron chi connectivity index (χ2n) is 3.60. The van der Waals surface area contributed by atoms with E-state index in [1.54, 1.807) is 0 Å². The molecule has 4 nitrogen and oxygen atoms in total. The Morgan fingerprint density at radius 3 is 2.74 bits per heavy atom. The normalized spacial score (nSPS) is 11.4. The minimum Gasteiger partial charge on any atom is -0.339 e. The van der Waals surface area contributed by atoms with E-state index in [1.165, 1.54) is 12.1 Å². The van der Waals surface area contributed by atoms with E-state index in [2.05, 4.69) is 15.3 Å². The van der Waals surface area contributed by atoms with Crippen LogP contribution in [0.5, 0.6) is 0 Å². The van der Waals surface area contributed by atoms with E-state index in [0.29, 0.717) is 0 Å². The zero-order chi connectivity index (χ0) is 14.0. The number of anilines is 2. The average Bonchev–Trinajstić information content (AvgIpc) is 2.34. The van der Waals surface area contributed by atoms with Crippen LogP contribution in [0, 0.1) is 0 Å². The molecule has 8 heteroatoms. The number of nitrogens with zero attached hydrogens (tertiary/aromatic N) is 1. The SMILES string of the molecule is O=c1[nH]cnc(Nc2cccc(C(F)(F)F)c2)c1Cl. The van der Waals surface area contributed by atoms with Crippen LogP contribution >= 0.6 is 11.6 Å². The Morgan fingerprint density at radius 1 is 1.32 bits per heavy atom. The van der Waals surface area contributed by atoms with Gasteiger partial charge in [0.15, 0.2) is 5.82 Å². The van der Waals surface area contributed by atoms with E-state index >= 15 is 0 Å². The van der Waals surface area contributed by atoms with Crippen molar-refractivity contribution in [2.75, 3.05) is 5.32 Å². The molecule has 1 aromatic heterocycles. The fraction of sp³-hybridized carbons (Fsp3) is 0.0909. The predicted octanol–water partition coefficient (Wildman–Crippen LogP) is 3.19. The van der Waals surface area contributed by atoms with Crippen LogP contribution in [0.1, 0.15) is 5.56 Å². The summed E-state index contributed by atoms with van der Waals surface area (Å²) in [6, 6.07) is 4.50. The summed E-state index contributed by atoms with van der Waals surface area (Å²) in [6.45, 7) is 0. The standard InChI is InChI=1S/C11H7ClF3N3O/c12-8-9(16-5-17-10(8)19)18-7-3-1-2-6(4-7)11(13,14)15/h1-5H,(H2,16,17,18,19). The highest BCUT2D eigenvalue weighted by Gasteiger charge is 2.30. The van der Waals surface area contributed by atoms with Gasteiger partial charge in [-0.2, -0.15) is 13.2 Å². The third-order valence-electron chi connectivity index (χ3n) is 2.25. The molecule has 2 aromatic rings. The van der Waals surface area contributed by atoms with Crippen LogP contribution in [-0.4, -0.2) is 9.97 Å². The van der Waals surface area contributed by atoms with E-state index in [1.807, 2.05) is 0 Å². The fourth-order valence-electron chi connectivity index (χ4n) is 1.38. The molecule has 2 N–H and O–H groups in total. The Labute approximate surface area is 110 Å². The zero-order valence-electron chi connectivity index (χ0n) is 9.25. The highest BCUT2D eigenvalue weighted by molar-refractivity contribution is 6.32. The number of benzene rings is 1. The lowest BCUT2D eigenvalue weighted by Gasteiger charge is -2.10. The molecular formula is C11H7ClF3N3O. The highest BCUT2D eigenvalue weighted by Crippen LogP contribution is 2.31. The lowest BCUT2D eigenvalue weighted by atomic mass is 10.2. The number of nitrogens with one attached hydrogen (secondary N) is 2. The topological polar surface area (TPSA) is 57.8 Å². The monoisotopic (exact) mass is 289 g/mol. The van der Waals surface area contributed by atoms with Gasteiger partial charge in [-0.3, -0.25) is 4.79 Å². The van der Waals surface area contributed by atoms with E-state index in [-0.39, 0.29) is 16.5 Å². The van der Waals surface area contributed by atoms with Crippen LogP contribution in [0.3, 0.4) is 0 Å². The molecule has 0 saturated carbocycles. The molecule has 0 saturated heterocycles. The van der Waals surface area contributed by atoms with Crippen LogP contribution in [0.15, 0.2) is 35.4 Å². The summed E-state index contributed by atoms with van der Waals surface area (Å²) in [5.41, 5.74) is -1.25. The molecule has 0 aliphatic carbocycles. The molecule has 0 aliphatic rings. The van der Waals surface area contributed by atoms with Gasteiger partial charge in [-0.1, -0.05) is 17.7 Å². The first-order valence-electron chi connectivity index (χ1n) is 5.05. The number of alkyl halides is 3. The maximum atomic E-state index is 12.5. The third-order valence-corrected chi connectivity index (χ3v) is 2.60. The van der Waals surface area contributed by atoms with Gasteiger partial charge in [0.05, 0.1) is 11.9 Å². The van der Waals surface area contributed by atoms with Crippen LogP contribution in [0.25, 0.3) is 0 Å². The summed E-state index contributed by atoms with van der Waals surface area (Å²) < 4.78 is 37.6. The minimum absolute atomic E-state index is 0.00950. The maximum absolute atomic E-state index is 12.5. The molecule has 0 aliphatic heterocycles. The molecule has 0 amide bonds. The van der Waals surface area contributed by atoms with E-state index in [9.17, 15) is 18.0 Å². The van der Waals surface area contributed by atoms with Gasteiger partial charge < -0.3 is 10.3 Å². The van der Waals surface area contributed by atoms with Crippen molar-refractivity contribution in [3.8, 4) is 0 Å². The van der Waals surface area contributed by atoms with Crippen LogP contribution in [-0.2, 0) is 6.18 Å². The summed E-state index contributed by atoms with van der Waals surface area (Å²) in [4.78, 5) is 17.2. The first kappa shape index (κ1) is 13.4. The number of H-pyrrole nitrogens is 1. The fourth-order valence-corrected chi connectivity index (χ4v) is 1.53. The van der Waals surface area contributed by atoms with Crippen molar-refractivity contribution >= 4 is 23.1 Å². The van der Waals surface area contributed by atoms with Crippen molar-refractivity contribution in [2.45, 2.75) is 6.18 Å². The average molecular weight is 290 g/mol. The molecule has 0 radical (unpaired) electrons. The van der Waals surface area contributed by atoms with E-state index in [0.717, 1.165) is 18.5 Å². The smallest absolute Gasteiger partial charge is 0.339 e. The summed E-state index contributed by atoms with van der Waals surface area (Å²) in [7, 11) is 0. The van der Waals surface area contributed by atoms with Gasteiger partial charge in [0.25, 0.3) is 5.56 Å². The van der Waals surface area contributed by atoms with Crippen molar-refractivity contribution < 1.29 is 13.2 Å². The van der Waals surface area contributed by atoms with Crippen molar-refractivity contribution in [3.63, 3.8) is 0 Å². The Balaban J connectivity index is 2.34. The molecule has 0 atom stereocenters. The summed E-state index contributed by atoms with van der Waals surface area (Å²) in [6.07, 6.45) is -3.34. The maximum Gasteiger partial charge on any atom is 0.416 e. The van der Waals surface area contributed by atoms with Gasteiger partial charge in [0.2, 0.25) is 0 Å². The Kier molecular flexibility index (Phi) is 3.48. The van der Waals surface area contributed by atoms with Gasteiger partial charge >= 0.3 is 6.18 Å². The van der Waals surface area contributed by atoms with Crippen LogP contribution in [0.4, 0.5) is 24.7 Å². The molecule has 1 heterocycles. The van der Waals surface area contributed by atoms with E-state index in [4.69, 9.17) is 11.6 Å². The number of rotatable bonds is 2. The van der Waals surface area contributed by atoms with E-state index < -0.39 is 17.3 Å². The zero-order valence-corrected chi connectivity index (χ0v) is 10.0. The van der Waals surface area contributed by atoms with Gasteiger partial charge in [0, 0.05) is 5.69 Å². The molecule has 2 rings (SSSR count). The lowest BCUT2D eigenvalue weighted by Crippen LogP contribution is -2.10.